The molecule has 18 heavy (non-hydrogen) atoms. The van der Waals surface area contributed by atoms with Crippen LogP contribution in [0.1, 0.15) is 31.7 Å². The van der Waals surface area contributed by atoms with E-state index in [-0.39, 0.29) is 11.7 Å². The molecule has 1 aliphatic rings. The third-order valence-electron chi connectivity index (χ3n) is 3.66. The van der Waals surface area contributed by atoms with Crippen molar-refractivity contribution in [2.75, 3.05) is 18.0 Å². The highest BCUT2D eigenvalue weighted by Crippen LogP contribution is 2.40. The molecule has 1 heterocycles. The van der Waals surface area contributed by atoms with Crippen LogP contribution in [-0.2, 0) is 4.79 Å². The molecule has 98 valence electrons. The minimum atomic E-state index is -0.817. The average Bonchev–Trinajstić information content (AvgIpc) is 2.68. The van der Waals surface area contributed by atoms with Crippen LogP contribution in [0.25, 0.3) is 0 Å². The molecule has 2 atom stereocenters. The maximum atomic E-state index is 13.9. The van der Waals surface area contributed by atoms with Gasteiger partial charge in [0.1, 0.15) is 5.82 Å². The number of likely N-dealkylation sites (N-methyl/N-ethyl adjacent to an activating group) is 1. The van der Waals surface area contributed by atoms with Gasteiger partial charge in [-0.05, 0) is 25.5 Å². The lowest BCUT2D eigenvalue weighted by Gasteiger charge is -2.17. The van der Waals surface area contributed by atoms with Crippen molar-refractivity contribution in [1.82, 2.24) is 0 Å². The molecule has 0 spiro atoms. The summed E-state index contributed by atoms with van der Waals surface area (Å²) in [7, 11) is 0. The lowest BCUT2D eigenvalue weighted by molar-refractivity contribution is -0.141. The van der Waals surface area contributed by atoms with E-state index in [0.29, 0.717) is 18.5 Å². The predicted molar refractivity (Wildman–Crippen MR) is 68.4 cm³/mol. The first-order chi connectivity index (χ1) is 8.54. The van der Waals surface area contributed by atoms with Crippen molar-refractivity contribution in [2.24, 2.45) is 5.92 Å². The Bertz CT molecular complexity index is 461. The molecule has 1 aromatic rings. The van der Waals surface area contributed by atoms with Gasteiger partial charge in [0.05, 0.1) is 5.92 Å². The molecule has 0 amide bonds. The number of anilines is 1. The predicted octanol–water partition coefficient (Wildman–Crippen LogP) is 2.86. The molecule has 4 heteroatoms. The Morgan fingerprint density at radius 1 is 1.61 bits per heavy atom. The summed E-state index contributed by atoms with van der Waals surface area (Å²) in [5.41, 5.74) is 1.60. The Morgan fingerprint density at radius 2 is 2.33 bits per heavy atom. The maximum absolute atomic E-state index is 13.9. The topological polar surface area (TPSA) is 40.5 Å². The van der Waals surface area contributed by atoms with Crippen molar-refractivity contribution in [1.29, 1.82) is 0 Å². The number of carbonyl (C=O) groups is 1. The summed E-state index contributed by atoms with van der Waals surface area (Å²) in [5, 5.41) is 8.98. The van der Waals surface area contributed by atoms with Gasteiger partial charge in [0.15, 0.2) is 0 Å². The first kappa shape index (κ1) is 12.9. The summed E-state index contributed by atoms with van der Waals surface area (Å²) in [4.78, 5) is 13.0. The van der Waals surface area contributed by atoms with Crippen molar-refractivity contribution < 1.29 is 14.3 Å². The van der Waals surface area contributed by atoms with Crippen LogP contribution in [0.3, 0.4) is 0 Å². The number of carboxylic acids is 1. The van der Waals surface area contributed by atoms with Gasteiger partial charge in [-0.3, -0.25) is 4.79 Å². The quantitative estimate of drug-likeness (QED) is 0.894. The van der Waals surface area contributed by atoms with Crippen LogP contribution >= 0.6 is 0 Å². The van der Waals surface area contributed by atoms with Crippen molar-refractivity contribution in [3.8, 4) is 0 Å². The Morgan fingerprint density at radius 3 is 2.94 bits per heavy atom. The number of benzene rings is 1. The van der Waals surface area contributed by atoms with Crippen molar-refractivity contribution in [2.45, 2.75) is 26.2 Å². The van der Waals surface area contributed by atoms with E-state index in [4.69, 9.17) is 5.11 Å². The van der Waals surface area contributed by atoms with Gasteiger partial charge in [0.2, 0.25) is 0 Å². The number of nitrogens with zero attached hydrogens (tertiary/aromatic N) is 1. The average molecular weight is 251 g/mol. The van der Waals surface area contributed by atoms with Crippen LogP contribution in [0.5, 0.6) is 0 Å². The van der Waals surface area contributed by atoms with E-state index in [1.807, 2.05) is 13.0 Å². The summed E-state index contributed by atoms with van der Waals surface area (Å²) in [6.07, 6.45) is 0.486. The summed E-state index contributed by atoms with van der Waals surface area (Å²) in [5.74, 6) is -1.50. The summed E-state index contributed by atoms with van der Waals surface area (Å²) >= 11 is 0. The smallest absolute Gasteiger partial charge is 0.306 e. The Hall–Kier alpha value is -1.58. The van der Waals surface area contributed by atoms with Crippen LogP contribution in [0, 0.1) is 11.7 Å². The molecule has 3 nitrogen and oxygen atoms in total. The normalized spacial score (nSPS) is 19.7. The van der Waals surface area contributed by atoms with Gasteiger partial charge in [-0.25, -0.2) is 4.39 Å². The summed E-state index contributed by atoms with van der Waals surface area (Å²) in [6, 6.07) is 5.07. The van der Waals surface area contributed by atoms with Gasteiger partial charge in [0.25, 0.3) is 0 Å². The largest absolute Gasteiger partial charge is 0.481 e. The molecular formula is C14H18FNO2. The molecule has 1 aromatic carbocycles. The zero-order chi connectivity index (χ0) is 13.3. The molecule has 1 aliphatic heterocycles. The highest BCUT2D eigenvalue weighted by atomic mass is 19.1. The molecule has 1 N–H and O–H groups in total. The van der Waals surface area contributed by atoms with E-state index in [0.717, 1.165) is 12.2 Å². The van der Waals surface area contributed by atoms with E-state index in [9.17, 15) is 9.18 Å². The first-order valence-electron chi connectivity index (χ1n) is 6.30. The molecule has 0 bridgehead atoms. The fraction of sp³-hybridized carbons (Fsp3) is 0.500. The Balaban J connectivity index is 2.29. The number of hydrogen-bond donors (Lipinski definition) is 1. The second-order valence-corrected chi connectivity index (χ2v) is 4.88. The number of halogens is 1. The summed E-state index contributed by atoms with van der Waals surface area (Å²) in [6.45, 7) is 5.23. The number of rotatable bonds is 4. The Kier molecular flexibility index (Phi) is 3.55. The van der Waals surface area contributed by atoms with Gasteiger partial charge >= 0.3 is 5.97 Å². The number of hydrogen-bond acceptors (Lipinski definition) is 2. The van der Waals surface area contributed by atoms with E-state index in [2.05, 4.69) is 4.90 Å². The monoisotopic (exact) mass is 251 g/mol. The fourth-order valence-corrected chi connectivity index (χ4v) is 2.68. The first-order valence-corrected chi connectivity index (χ1v) is 6.30. The molecular weight excluding hydrogens is 233 g/mol. The second-order valence-electron chi connectivity index (χ2n) is 4.88. The van der Waals surface area contributed by atoms with E-state index in [1.54, 1.807) is 13.0 Å². The van der Waals surface area contributed by atoms with Gasteiger partial charge in [0, 0.05) is 30.3 Å². The molecule has 0 aliphatic carbocycles. The fourth-order valence-electron chi connectivity index (χ4n) is 2.68. The lowest BCUT2D eigenvalue weighted by Crippen LogP contribution is -2.22. The van der Waals surface area contributed by atoms with Gasteiger partial charge < -0.3 is 10.0 Å². The highest BCUT2D eigenvalue weighted by Gasteiger charge is 2.32. The minimum absolute atomic E-state index is 0.0211. The highest BCUT2D eigenvalue weighted by molar-refractivity contribution is 5.70. The molecule has 0 aromatic heterocycles. The number of fused-ring (bicyclic) bond motifs is 1. The van der Waals surface area contributed by atoms with Crippen molar-refractivity contribution >= 4 is 11.7 Å². The third kappa shape index (κ3) is 2.19. The molecule has 0 saturated heterocycles. The second kappa shape index (κ2) is 4.96. The van der Waals surface area contributed by atoms with E-state index in [1.165, 1.54) is 6.07 Å². The third-order valence-corrected chi connectivity index (χ3v) is 3.66. The number of carboxylic acid groups (broad SMARTS) is 1. The van der Waals surface area contributed by atoms with Crippen LogP contribution in [0.4, 0.5) is 10.1 Å². The van der Waals surface area contributed by atoms with Gasteiger partial charge in [-0.15, -0.1) is 0 Å². The van der Waals surface area contributed by atoms with Crippen LogP contribution in [0.2, 0.25) is 0 Å². The van der Waals surface area contributed by atoms with Gasteiger partial charge in [-0.2, -0.15) is 0 Å². The Labute approximate surface area is 106 Å². The van der Waals surface area contributed by atoms with Crippen LogP contribution in [0.15, 0.2) is 18.2 Å². The maximum Gasteiger partial charge on any atom is 0.306 e. The molecule has 2 rings (SSSR count). The zero-order valence-corrected chi connectivity index (χ0v) is 10.7. The SMILES string of the molecule is CCN1CC(CC(C)C(=O)O)c2c(F)cccc21. The zero-order valence-electron chi connectivity index (χ0n) is 10.7. The van der Waals surface area contributed by atoms with Crippen molar-refractivity contribution in [3.63, 3.8) is 0 Å². The molecule has 2 unspecified atom stereocenters. The van der Waals surface area contributed by atoms with Crippen molar-refractivity contribution in [3.05, 3.63) is 29.6 Å². The van der Waals surface area contributed by atoms with E-state index < -0.39 is 11.9 Å². The number of aliphatic carboxylic acids is 1. The molecule has 0 radical (unpaired) electrons. The standard InChI is InChI=1S/C14H18FNO2/c1-3-16-8-10(7-9(2)14(17)18)13-11(15)5-4-6-12(13)16/h4-6,9-10H,3,7-8H2,1-2H3,(H,17,18). The lowest BCUT2D eigenvalue weighted by atomic mass is 9.91. The minimum Gasteiger partial charge on any atom is -0.481 e. The van der Waals surface area contributed by atoms with E-state index >= 15 is 0 Å². The van der Waals surface area contributed by atoms with Crippen LogP contribution in [-0.4, -0.2) is 24.2 Å². The van der Waals surface area contributed by atoms with Gasteiger partial charge in [-0.1, -0.05) is 13.0 Å². The molecule has 0 saturated carbocycles. The van der Waals surface area contributed by atoms with Crippen LogP contribution < -0.4 is 4.90 Å². The molecule has 0 fully saturated rings. The summed E-state index contributed by atoms with van der Waals surface area (Å²) < 4.78 is 13.9.